The molecule has 3 heterocycles. The molecule has 2 aliphatic heterocycles. The zero-order valence-electron chi connectivity index (χ0n) is 19.1. The molecule has 4 aromatic rings. The summed E-state index contributed by atoms with van der Waals surface area (Å²) in [5, 5.41) is 8.03. The van der Waals surface area contributed by atoms with E-state index in [1.54, 1.807) is 25.6 Å². The molecular weight excluding hydrogens is 444 g/mol. The molecule has 0 saturated heterocycles. The molecule has 0 saturated carbocycles. The maximum atomic E-state index is 12.0. The minimum absolute atomic E-state index is 0.270. The van der Waals surface area contributed by atoms with Crippen LogP contribution in [0.2, 0.25) is 0 Å². The molecule has 3 aromatic carbocycles. The molecule has 0 spiro atoms. The van der Waals surface area contributed by atoms with Crippen LogP contribution in [-0.2, 0) is 4.74 Å². The molecule has 0 radical (unpaired) electrons. The van der Waals surface area contributed by atoms with Crippen LogP contribution < -0.4 is 14.8 Å². The van der Waals surface area contributed by atoms with E-state index in [-0.39, 0.29) is 12.0 Å². The number of fused-ring (bicyclic) bond motifs is 3. The van der Waals surface area contributed by atoms with Crippen LogP contribution in [0.25, 0.3) is 5.70 Å². The molecule has 35 heavy (non-hydrogen) atoms. The van der Waals surface area contributed by atoms with E-state index in [1.165, 1.54) is 7.11 Å². The van der Waals surface area contributed by atoms with E-state index in [0.29, 0.717) is 11.5 Å². The number of aromatic nitrogens is 3. The summed E-state index contributed by atoms with van der Waals surface area (Å²) in [4.78, 5) is 16.4. The third-order valence-electron chi connectivity index (χ3n) is 6.39. The van der Waals surface area contributed by atoms with Crippen molar-refractivity contribution in [3.05, 3.63) is 107 Å². The number of hydrogen-bond donors (Lipinski definition) is 1. The first-order chi connectivity index (χ1) is 17.2. The van der Waals surface area contributed by atoms with E-state index in [4.69, 9.17) is 14.2 Å². The van der Waals surface area contributed by atoms with Crippen molar-refractivity contribution in [2.45, 2.75) is 12.1 Å². The smallest absolute Gasteiger partial charge is 0.337 e. The van der Waals surface area contributed by atoms with Crippen molar-refractivity contribution in [1.29, 1.82) is 0 Å². The van der Waals surface area contributed by atoms with Crippen molar-refractivity contribution in [2.24, 2.45) is 0 Å². The molecule has 6 rings (SSSR count). The van der Waals surface area contributed by atoms with E-state index in [9.17, 15) is 4.79 Å². The lowest BCUT2D eigenvalue weighted by atomic mass is 9.84. The first-order valence-corrected chi connectivity index (χ1v) is 11.2. The fraction of sp³-hybridized carbons (Fsp3) is 0.148. The number of anilines is 1. The number of carbonyl (C=O) groups is 1. The van der Waals surface area contributed by atoms with Gasteiger partial charge in [-0.3, -0.25) is 0 Å². The Hall–Kier alpha value is -4.59. The Bertz CT molecular complexity index is 1440. The number of methoxy groups -OCH3 is 2. The Labute approximate surface area is 201 Å². The summed E-state index contributed by atoms with van der Waals surface area (Å²) in [7, 11) is 3.02. The lowest BCUT2D eigenvalue weighted by molar-refractivity contribution is 0.0600. The largest absolute Gasteiger partial charge is 0.497 e. The van der Waals surface area contributed by atoms with Crippen LogP contribution in [0.1, 0.15) is 39.2 Å². The Balaban J connectivity index is 1.55. The number of benzene rings is 3. The molecule has 8 nitrogen and oxygen atoms in total. The molecular formula is C27H22N4O4. The Morgan fingerprint density at radius 2 is 1.71 bits per heavy atom. The SMILES string of the molecule is COC(=O)c1ccc(C2Oc3ccccc3C3=C2C(c2ccc(OC)cc2)n2ncnc2N3)cc1. The summed E-state index contributed by atoms with van der Waals surface area (Å²) in [6.45, 7) is 0. The van der Waals surface area contributed by atoms with Gasteiger partial charge in [-0.2, -0.15) is 10.1 Å². The summed E-state index contributed by atoms with van der Waals surface area (Å²) in [6, 6.07) is 22.9. The van der Waals surface area contributed by atoms with Gasteiger partial charge in [0.25, 0.3) is 0 Å². The molecule has 0 fully saturated rings. The first kappa shape index (κ1) is 21.0. The van der Waals surface area contributed by atoms with Gasteiger partial charge in [0.2, 0.25) is 5.95 Å². The molecule has 2 unspecified atom stereocenters. The number of rotatable bonds is 4. The monoisotopic (exact) mass is 466 g/mol. The van der Waals surface area contributed by atoms with Crippen molar-refractivity contribution >= 4 is 17.6 Å². The Kier molecular flexibility index (Phi) is 4.99. The topological polar surface area (TPSA) is 87.5 Å². The van der Waals surface area contributed by atoms with Gasteiger partial charge in [-0.25, -0.2) is 9.48 Å². The Morgan fingerprint density at radius 3 is 2.46 bits per heavy atom. The van der Waals surface area contributed by atoms with Crippen molar-refractivity contribution in [2.75, 3.05) is 19.5 Å². The van der Waals surface area contributed by atoms with Crippen LogP contribution >= 0.6 is 0 Å². The average molecular weight is 466 g/mol. The van der Waals surface area contributed by atoms with Gasteiger partial charge < -0.3 is 19.5 Å². The molecule has 0 bridgehead atoms. The highest BCUT2D eigenvalue weighted by Crippen LogP contribution is 2.50. The van der Waals surface area contributed by atoms with Gasteiger partial charge in [-0.15, -0.1) is 0 Å². The predicted molar refractivity (Wildman–Crippen MR) is 129 cm³/mol. The van der Waals surface area contributed by atoms with Gasteiger partial charge in [0, 0.05) is 11.1 Å². The van der Waals surface area contributed by atoms with Crippen LogP contribution in [0.15, 0.2) is 84.7 Å². The fourth-order valence-corrected chi connectivity index (χ4v) is 4.71. The van der Waals surface area contributed by atoms with Crippen LogP contribution in [-0.4, -0.2) is 35.0 Å². The van der Waals surface area contributed by atoms with E-state index in [2.05, 4.69) is 15.4 Å². The summed E-state index contributed by atoms with van der Waals surface area (Å²) in [5.41, 5.74) is 5.30. The molecule has 8 heteroatoms. The molecule has 2 aliphatic rings. The highest BCUT2D eigenvalue weighted by molar-refractivity contribution is 5.89. The summed E-state index contributed by atoms with van der Waals surface area (Å²) in [6.07, 6.45) is 1.12. The lowest BCUT2D eigenvalue weighted by Gasteiger charge is -2.39. The normalized spacial score (nSPS) is 17.9. The van der Waals surface area contributed by atoms with E-state index in [1.807, 2.05) is 65.3 Å². The third kappa shape index (κ3) is 3.42. The standard InChI is InChI=1S/C27H22N4O4/c1-33-19-13-11-16(12-14-19)24-22-23(30-27-28-15-29-31(24)27)20-5-3-4-6-21(20)35-25(22)17-7-9-18(10-8-17)26(32)34-2/h3-15,24-25H,1-2H3,(H,28,29,30). The summed E-state index contributed by atoms with van der Waals surface area (Å²) < 4.78 is 18.7. The molecule has 0 aliphatic carbocycles. The zero-order valence-corrected chi connectivity index (χ0v) is 19.1. The van der Waals surface area contributed by atoms with Crippen LogP contribution in [0.3, 0.4) is 0 Å². The second-order valence-electron chi connectivity index (χ2n) is 8.27. The minimum Gasteiger partial charge on any atom is -0.497 e. The predicted octanol–water partition coefficient (Wildman–Crippen LogP) is 4.63. The van der Waals surface area contributed by atoms with E-state index >= 15 is 0 Å². The van der Waals surface area contributed by atoms with E-state index < -0.39 is 6.10 Å². The second-order valence-corrected chi connectivity index (χ2v) is 8.27. The van der Waals surface area contributed by atoms with Crippen LogP contribution in [0.5, 0.6) is 11.5 Å². The lowest BCUT2D eigenvalue weighted by Crippen LogP contribution is -2.32. The van der Waals surface area contributed by atoms with Crippen molar-refractivity contribution < 1.29 is 19.0 Å². The molecule has 0 amide bonds. The molecule has 1 N–H and O–H groups in total. The quantitative estimate of drug-likeness (QED) is 0.439. The van der Waals surface area contributed by atoms with Crippen molar-refractivity contribution in [1.82, 2.24) is 14.8 Å². The minimum atomic E-state index is -0.427. The number of ether oxygens (including phenoxy) is 3. The average Bonchev–Trinajstić information content (AvgIpc) is 3.39. The van der Waals surface area contributed by atoms with Gasteiger partial charge in [-0.05, 0) is 47.5 Å². The fourth-order valence-electron chi connectivity index (χ4n) is 4.71. The Morgan fingerprint density at radius 1 is 0.971 bits per heavy atom. The number of carbonyl (C=O) groups excluding carboxylic acids is 1. The van der Waals surface area contributed by atoms with Gasteiger partial charge in [0.1, 0.15) is 30.0 Å². The van der Waals surface area contributed by atoms with Gasteiger partial charge in [0.15, 0.2) is 0 Å². The van der Waals surface area contributed by atoms with Crippen molar-refractivity contribution in [3.63, 3.8) is 0 Å². The maximum absolute atomic E-state index is 12.0. The van der Waals surface area contributed by atoms with Crippen LogP contribution in [0.4, 0.5) is 5.95 Å². The highest BCUT2D eigenvalue weighted by atomic mass is 16.5. The molecule has 174 valence electrons. The van der Waals surface area contributed by atoms with Crippen molar-refractivity contribution in [3.8, 4) is 11.5 Å². The number of nitrogens with zero attached hydrogens (tertiary/aromatic N) is 3. The van der Waals surface area contributed by atoms with Gasteiger partial charge >= 0.3 is 5.97 Å². The van der Waals surface area contributed by atoms with Crippen LogP contribution in [0, 0.1) is 0 Å². The highest BCUT2D eigenvalue weighted by Gasteiger charge is 2.40. The zero-order chi connectivity index (χ0) is 23.9. The third-order valence-corrected chi connectivity index (χ3v) is 6.39. The number of nitrogens with one attached hydrogen (secondary N) is 1. The van der Waals surface area contributed by atoms with Gasteiger partial charge in [0.05, 0.1) is 25.5 Å². The number of para-hydroxylation sites is 1. The summed E-state index contributed by atoms with van der Waals surface area (Å²) in [5.74, 6) is 1.81. The van der Waals surface area contributed by atoms with Gasteiger partial charge in [-0.1, -0.05) is 36.4 Å². The number of hydrogen-bond acceptors (Lipinski definition) is 7. The summed E-state index contributed by atoms with van der Waals surface area (Å²) >= 11 is 0. The number of esters is 1. The first-order valence-electron chi connectivity index (χ1n) is 11.2. The second kappa shape index (κ2) is 8.32. The molecule has 1 aromatic heterocycles. The van der Waals surface area contributed by atoms with E-state index in [0.717, 1.165) is 39.5 Å². The molecule has 2 atom stereocenters. The maximum Gasteiger partial charge on any atom is 0.337 e.